The highest BCUT2D eigenvalue weighted by atomic mass is 16.5. The first-order chi connectivity index (χ1) is 19.0. The van der Waals surface area contributed by atoms with Gasteiger partial charge in [0, 0.05) is 44.1 Å². The van der Waals surface area contributed by atoms with E-state index < -0.39 is 17.7 Å². The molecular weight excluding hydrogens is 494 g/mol. The minimum atomic E-state index is -0.708. The number of benzene rings is 2. The summed E-state index contributed by atoms with van der Waals surface area (Å²) in [5.41, 5.74) is 3.43. The standard InChI is InChI=1S/C31H33N3O5/c1-22-5-2-6-23(19-22)21-39-26-10-8-24(9-11-26)29(35)27-28(25-7-3-12-32-20-25)34(31(37)30(27)36)14-4-13-33-15-17-38-18-16-33/h2-3,5-12,19-20,28,35H,4,13-18,21H2,1H3. The van der Waals surface area contributed by atoms with Gasteiger partial charge in [0.15, 0.2) is 0 Å². The highest BCUT2D eigenvalue weighted by Gasteiger charge is 2.45. The number of likely N-dealkylation sites (tertiary alicyclic amines) is 1. The van der Waals surface area contributed by atoms with E-state index in [-0.39, 0.29) is 11.3 Å². The average Bonchev–Trinajstić information content (AvgIpc) is 3.22. The maximum absolute atomic E-state index is 13.3. The lowest BCUT2D eigenvalue weighted by Gasteiger charge is -2.29. The molecule has 202 valence electrons. The first kappa shape index (κ1) is 26.6. The van der Waals surface area contributed by atoms with E-state index in [1.54, 1.807) is 47.6 Å². The zero-order valence-corrected chi connectivity index (χ0v) is 22.1. The molecule has 8 nitrogen and oxygen atoms in total. The monoisotopic (exact) mass is 527 g/mol. The number of ether oxygens (including phenoxy) is 2. The Morgan fingerprint density at radius 2 is 1.85 bits per heavy atom. The quantitative estimate of drug-likeness (QED) is 0.254. The summed E-state index contributed by atoms with van der Waals surface area (Å²) in [6.07, 6.45) is 3.99. The van der Waals surface area contributed by atoms with Crippen molar-refractivity contribution < 1.29 is 24.2 Å². The molecule has 0 aliphatic carbocycles. The van der Waals surface area contributed by atoms with Gasteiger partial charge in [-0.3, -0.25) is 19.5 Å². The number of rotatable bonds is 9. The van der Waals surface area contributed by atoms with Crippen molar-refractivity contribution in [2.45, 2.75) is 26.0 Å². The predicted molar refractivity (Wildman–Crippen MR) is 147 cm³/mol. The molecule has 3 aromatic rings. The normalized spacial score (nSPS) is 19.4. The number of pyridine rings is 1. The van der Waals surface area contributed by atoms with Gasteiger partial charge in [-0.2, -0.15) is 0 Å². The summed E-state index contributed by atoms with van der Waals surface area (Å²) in [5, 5.41) is 11.3. The molecule has 2 fully saturated rings. The van der Waals surface area contributed by atoms with Gasteiger partial charge >= 0.3 is 0 Å². The summed E-state index contributed by atoms with van der Waals surface area (Å²) in [6.45, 7) is 6.77. The van der Waals surface area contributed by atoms with Crippen LogP contribution in [0.25, 0.3) is 5.76 Å². The number of carbonyl (C=O) groups excluding carboxylic acids is 2. The van der Waals surface area contributed by atoms with Gasteiger partial charge < -0.3 is 19.5 Å². The molecule has 2 aromatic carbocycles. The maximum Gasteiger partial charge on any atom is 0.295 e. The lowest BCUT2D eigenvalue weighted by Crippen LogP contribution is -2.39. The molecule has 1 N–H and O–H groups in total. The third-order valence-electron chi connectivity index (χ3n) is 7.13. The van der Waals surface area contributed by atoms with Crippen LogP contribution < -0.4 is 4.74 Å². The fourth-order valence-electron chi connectivity index (χ4n) is 5.12. The minimum Gasteiger partial charge on any atom is -0.507 e. The Balaban J connectivity index is 1.36. The molecule has 1 amide bonds. The van der Waals surface area contributed by atoms with Gasteiger partial charge in [-0.05, 0) is 54.8 Å². The number of hydrogen-bond acceptors (Lipinski definition) is 7. The molecule has 0 radical (unpaired) electrons. The molecular formula is C31H33N3O5. The summed E-state index contributed by atoms with van der Waals surface area (Å²) in [5.74, 6) is -0.860. The Kier molecular flexibility index (Phi) is 8.34. The summed E-state index contributed by atoms with van der Waals surface area (Å²) >= 11 is 0. The molecule has 0 saturated carbocycles. The van der Waals surface area contributed by atoms with Crippen LogP contribution in [0.5, 0.6) is 5.75 Å². The Morgan fingerprint density at radius 3 is 2.56 bits per heavy atom. The third-order valence-corrected chi connectivity index (χ3v) is 7.13. The van der Waals surface area contributed by atoms with Crippen LogP contribution in [0.4, 0.5) is 0 Å². The maximum atomic E-state index is 13.3. The zero-order chi connectivity index (χ0) is 27.2. The van der Waals surface area contributed by atoms with Crippen molar-refractivity contribution in [3.8, 4) is 5.75 Å². The fourth-order valence-corrected chi connectivity index (χ4v) is 5.12. The van der Waals surface area contributed by atoms with Crippen LogP contribution in [-0.2, 0) is 20.9 Å². The zero-order valence-electron chi connectivity index (χ0n) is 22.1. The number of aliphatic hydroxyl groups excluding tert-OH is 1. The number of aryl methyl sites for hydroxylation is 1. The van der Waals surface area contributed by atoms with Crippen LogP contribution >= 0.6 is 0 Å². The van der Waals surface area contributed by atoms with E-state index in [0.29, 0.717) is 49.7 Å². The highest BCUT2D eigenvalue weighted by Crippen LogP contribution is 2.39. The molecule has 1 unspecified atom stereocenters. The molecule has 39 heavy (non-hydrogen) atoms. The van der Waals surface area contributed by atoms with Gasteiger partial charge in [0.1, 0.15) is 18.1 Å². The molecule has 5 rings (SSSR count). The van der Waals surface area contributed by atoms with Crippen LogP contribution in [0.3, 0.4) is 0 Å². The largest absolute Gasteiger partial charge is 0.507 e. The van der Waals surface area contributed by atoms with Crippen molar-refractivity contribution >= 4 is 17.4 Å². The van der Waals surface area contributed by atoms with Gasteiger partial charge in [-0.25, -0.2) is 0 Å². The molecule has 3 heterocycles. The molecule has 0 bridgehead atoms. The van der Waals surface area contributed by atoms with Crippen molar-refractivity contribution in [2.75, 3.05) is 39.4 Å². The lowest BCUT2D eigenvalue weighted by molar-refractivity contribution is -0.140. The Hall–Kier alpha value is -4.01. The number of ketones is 1. The van der Waals surface area contributed by atoms with E-state index in [9.17, 15) is 14.7 Å². The van der Waals surface area contributed by atoms with Crippen molar-refractivity contribution in [1.82, 2.24) is 14.8 Å². The van der Waals surface area contributed by atoms with Gasteiger partial charge in [0.05, 0.1) is 24.8 Å². The van der Waals surface area contributed by atoms with Crippen molar-refractivity contribution in [3.63, 3.8) is 0 Å². The van der Waals surface area contributed by atoms with Gasteiger partial charge in [-0.15, -0.1) is 0 Å². The SMILES string of the molecule is Cc1cccc(COc2ccc(C(O)=C3C(=O)C(=O)N(CCCN4CCOCC4)C3c3cccnc3)cc2)c1. The number of carbonyl (C=O) groups is 2. The van der Waals surface area contributed by atoms with Gasteiger partial charge in [-0.1, -0.05) is 35.9 Å². The number of nitrogens with zero attached hydrogens (tertiary/aromatic N) is 3. The van der Waals surface area contributed by atoms with E-state index in [0.717, 1.165) is 30.8 Å². The predicted octanol–water partition coefficient (Wildman–Crippen LogP) is 4.11. The summed E-state index contributed by atoms with van der Waals surface area (Å²) < 4.78 is 11.3. The smallest absolute Gasteiger partial charge is 0.295 e. The van der Waals surface area contributed by atoms with Gasteiger partial charge in [0.25, 0.3) is 11.7 Å². The second kappa shape index (κ2) is 12.2. The fraction of sp³-hybridized carbons (Fsp3) is 0.323. The van der Waals surface area contributed by atoms with E-state index in [1.807, 2.05) is 31.2 Å². The second-order valence-corrected chi connectivity index (χ2v) is 9.89. The number of Topliss-reactive ketones (excluding diaryl/α,β-unsaturated/α-hetero) is 1. The van der Waals surface area contributed by atoms with E-state index in [4.69, 9.17) is 9.47 Å². The number of amides is 1. The Labute approximate surface area is 228 Å². The van der Waals surface area contributed by atoms with E-state index >= 15 is 0 Å². The van der Waals surface area contributed by atoms with Crippen LogP contribution in [0.1, 0.15) is 34.7 Å². The van der Waals surface area contributed by atoms with Crippen molar-refractivity contribution in [1.29, 1.82) is 0 Å². The summed E-state index contributed by atoms with van der Waals surface area (Å²) in [7, 11) is 0. The van der Waals surface area contributed by atoms with Crippen LogP contribution in [0, 0.1) is 6.92 Å². The molecule has 8 heteroatoms. The summed E-state index contributed by atoms with van der Waals surface area (Å²) in [4.78, 5) is 34.5. The molecule has 2 aliphatic heterocycles. The first-order valence-electron chi connectivity index (χ1n) is 13.3. The van der Waals surface area contributed by atoms with Crippen molar-refractivity contribution in [3.05, 3.63) is 101 Å². The minimum absolute atomic E-state index is 0.0767. The number of hydrogen-bond donors (Lipinski definition) is 1. The second-order valence-electron chi connectivity index (χ2n) is 9.89. The van der Waals surface area contributed by atoms with E-state index in [2.05, 4.69) is 16.0 Å². The van der Waals surface area contributed by atoms with Crippen LogP contribution in [0.2, 0.25) is 0 Å². The average molecular weight is 528 g/mol. The lowest BCUT2D eigenvalue weighted by atomic mass is 9.96. The molecule has 2 aliphatic rings. The van der Waals surface area contributed by atoms with Crippen molar-refractivity contribution in [2.24, 2.45) is 0 Å². The molecule has 2 saturated heterocycles. The number of aromatic nitrogens is 1. The Morgan fingerprint density at radius 1 is 1.05 bits per heavy atom. The number of morpholine rings is 1. The topological polar surface area (TPSA) is 92.2 Å². The highest BCUT2D eigenvalue weighted by molar-refractivity contribution is 6.46. The van der Waals surface area contributed by atoms with Crippen LogP contribution in [0.15, 0.2) is 78.6 Å². The van der Waals surface area contributed by atoms with Gasteiger partial charge in [0.2, 0.25) is 0 Å². The first-order valence-corrected chi connectivity index (χ1v) is 13.3. The molecule has 1 aromatic heterocycles. The number of aliphatic hydroxyl groups is 1. The van der Waals surface area contributed by atoms with E-state index in [1.165, 1.54) is 0 Å². The molecule has 1 atom stereocenters. The Bertz CT molecular complexity index is 1330. The third kappa shape index (κ3) is 6.19. The van der Waals surface area contributed by atoms with Crippen LogP contribution in [-0.4, -0.2) is 71.0 Å². The summed E-state index contributed by atoms with van der Waals surface area (Å²) in [6, 6.07) is 17.9. The molecule has 0 spiro atoms.